The fourth-order valence-electron chi connectivity index (χ4n) is 1.86. The van der Waals surface area contributed by atoms with Gasteiger partial charge in [-0.1, -0.05) is 18.2 Å². The Bertz CT molecular complexity index is 294. The minimum atomic E-state index is 0.230. The number of anilines is 1. The zero-order valence-electron chi connectivity index (χ0n) is 7.96. The van der Waals surface area contributed by atoms with E-state index < -0.39 is 0 Å². The number of nitrogens with two attached hydrogens (primary N) is 1. The van der Waals surface area contributed by atoms with Crippen LogP contribution in [0, 0.1) is 0 Å². The van der Waals surface area contributed by atoms with E-state index >= 15 is 0 Å². The van der Waals surface area contributed by atoms with Crippen LogP contribution >= 0.6 is 0 Å². The second kappa shape index (κ2) is 3.38. The van der Waals surface area contributed by atoms with Crippen LogP contribution in [-0.2, 0) is 6.42 Å². The summed E-state index contributed by atoms with van der Waals surface area (Å²) in [4.78, 5) is 0. The van der Waals surface area contributed by atoms with Crippen molar-refractivity contribution < 1.29 is 0 Å². The van der Waals surface area contributed by atoms with E-state index in [1.54, 1.807) is 0 Å². The summed E-state index contributed by atoms with van der Waals surface area (Å²) in [5, 5.41) is 3.47. The molecule has 0 saturated carbocycles. The molecule has 0 fully saturated rings. The van der Waals surface area contributed by atoms with E-state index in [0.29, 0.717) is 6.04 Å². The summed E-state index contributed by atoms with van der Waals surface area (Å²) < 4.78 is 0. The molecule has 1 aromatic carbocycles. The molecule has 2 rings (SSSR count). The molecule has 13 heavy (non-hydrogen) atoms. The van der Waals surface area contributed by atoms with Gasteiger partial charge < -0.3 is 11.1 Å². The predicted octanol–water partition coefficient (Wildman–Crippen LogP) is 1.76. The molecule has 0 spiro atoms. The Morgan fingerprint density at radius 1 is 1.46 bits per heavy atom. The van der Waals surface area contributed by atoms with E-state index in [-0.39, 0.29) is 6.04 Å². The van der Waals surface area contributed by atoms with Crippen molar-refractivity contribution in [2.24, 2.45) is 5.73 Å². The normalized spacial score (nSPS) is 23.1. The molecule has 2 atom stereocenters. The van der Waals surface area contributed by atoms with Crippen LogP contribution < -0.4 is 11.1 Å². The highest BCUT2D eigenvalue weighted by molar-refractivity contribution is 5.53. The fourth-order valence-corrected chi connectivity index (χ4v) is 1.86. The number of para-hydroxylation sites is 1. The van der Waals surface area contributed by atoms with Crippen molar-refractivity contribution in [3.63, 3.8) is 0 Å². The van der Waals surface area contributed by atoms with Gasteiger partial charge in [-0.25, -0.2) is 0 Å². The van der Waals surface area contributed by atoms with E-state index in [1.165, 1.54) is 11.3 Å². The first-order valence-electron chi connectivity index (χ1n) is 4.87. The molecule has 3 N–H and O–H groups in total. The molecule has 0 bridgehead atoms. The van der Waals surface area contributed by atoms with Crippen LogP contribution in [0.15, 0.2) is 24.3 Å². The van der Waals surface area contributed by atoms with Gasteiger partial charge in [0.25, 0.3) is 0 Å². The Balaban J connectivity index is 2.20. The second-order valence-corrected chi connectivity index (χ2v) is 3.81. The third-order valence-electron chi connectivity index (χ3n) is 2.72. The van der Waals surface area contributed by atoms with Gasteiger partial charge >= 0.3 is 0 Å². The van der Waals surface area contributed by atoms with Gasteiger partial charge in [-0.15, -0.1) is 0 Å². The van der Waals surface area contributed by atoms with Crippen LogP contribution in [0.25, 0.3) is 0 Å². The second-order valence-electron chi connectivity index (χ2n) is 3.81. The number of benzene rings is 1. The Kier molecular flexibility index (Phi) is 2.23. The van der Waals surface area contributed by atoms with Crippen molar-refractivity contribution in [3.05, 3.63) is 29.8 Å². The van der Waals surface area contributed by atoms with Gasteiger partial charge in [-0.3, -0.25) is 0 Å². The lowest BCUT2D eigenvalue weighted by Crippen LogP contribution is -2.40. The zero-order valence-corrected chi connectivity index (χ0v) is 7.96. The van der Waals surface area contributed by atoms with Gasteiger partial charge in [0.2, 0.25) is 0 Å². The Hall–Kier alpha value is -1.02. The molecule has 0 aromatic heterocycles. The number of rotatable bonds is 1. The zero-order chi connectivity index (χ0) is 9.26. The van der Waals surface area contributed by atoms with E-state index in [9.17, 15) is 0 Å². The van der Waals surface area contributed by atoms with Crippen LogP contribution in [0.1, 0.15) is 18.9 Å². The van der Waals surface area contributed by atoms with Gasteiger partial charge in [0.15, 0.2) is 0 Å². The lowest BCUT2D eigenvalue weighted by Gasteiger charge is -2.29. The first kappa shape index (κ1) is 8.57. The quantitative estimate of drug-likeness (QED) is 0.684. The molecule has 1 aliphatic heterocycles. The van der Waals surface area contributed by atoms with Crippen molar-refractivity contribution in [2.75, 3.05) is 5.32 Å². The average molecular weight is 176 g/mol. The van der Waals surface area contributed by atoms with Crippen LogP contribution in [-0.4, -0.2) is 12.1 Å². The molecule has 0 aliphatic carbocycles. The maximum absolute atomic E-state index is 5.86. The largest absolute Gasteiger partial charge is 0.381 e. The molecule has 0 radical (unpaired) electrons. The summed E-state index contributed by atoms with van der Waals surface area (Å²) in [6.07, 6.45) is 2.30. The van der Waals surface area contributed by atoms with Crippen molar-refractivity contribution in [1.82, 2.24) is 0 Å². The standard InChI is InChI=1S/C11H16N2/c1-8(12)10-7-6-9-4-2-3-5-11(9)13-10/h2-5,8,10,13H,6-7,12H2,1H3. The summed E-state index contributed by atoms with van der Waals surface area (Å²) in [5.74, 6) is 0. The fraction of sp³-hybridized carbons (Fsp3) is 0.455. The van der Waals surface area contributed by atoms with E-state index in [2.05, 4.69) is 36.5 Å². The summed E-state index contributed by atoms with van der Waals surface area (Å²) in [7, 11) is 0. The monoisotopic (exact) mass is 176 g/mol. The third-order valence-corrected chi connectivity index (χ3v) is 2.72. The lowest BCUT2D eigenvalue weighted by atomic mass is 9.95. The lowest BCUT2D eigenvalue weighted by molar-refractivity contribution is 0.542. The highest BCUT2D eigenvalue weighted by atomic mass is 15.0. The number of fused-ring (bicyclic) bond motifs is 1. The van der Waals surface area contributed by atoms with Crippen LogP contribution in [0.5, 0.6) is 0 Å². The SMILES string of the molecule is CC(N)C1CCc2ccccc2N1. The number of aryl methyl sites for hydroxylation is 1. The molecule has 2 unspecified atom stereocenters. The summed E-state index contributed by atoms with van der Waals surface area (Å²) in [5.41, 5.74) is 8.54. The van der Waals surface area contributed by atoms with Crippen LogP contribution in [0.3, 0.4) is 0 Å². The van der Waals surface area contributed by atoms with Crippen LogP contribution in [0.4, 0.5) is 5.69 Å². The number of hydrogen-bond donors (Lipinski definition) is 2. The van der Waals surface area contributed by atoms with E-state index in [1.807, 2.05) is 0 Å². The summed E-state index contributed by atoms with van der Waals surface area (Å²) >= 11 is 0. The molecule has 1 heterocycles. The first-order valence-corrected chi connectivity index (χ1v) is 4.87. The van der Waals surface area contributed by atoms with Crippen molar-refractivity contribution in [2.45, 2.75) is 31.8 Å². The Labute approximate surface area is 79.1 Å². The topological polar surface area (TPSA) is 38.0 Å². The molecule has 0 amide bonds. The van der Waals surface area contributed by atoms with Gasteiger partial charge in [-0.2, -0.15) is 0 Å². The van der Waals surface area contributed by atoms with Crippen molar-refractivity contribution >= 4 is 5.69 Å². The van der Waals surface area contributed by atoms with Gasteiger partial charge in [-0.05, 0) is 31.4 Å². The maximum Gasteiger partial charge on any atom is 0.0413 e. The average Bonchev–Trinajstić information content (AvgIpc) is 2.17. The first-order chi connectivity index (χ1) is 6.27. The molecular weight excluding hydrogens is 160 g/mol. The molecule has 2 heteroatoms. The third kappa shape index (κ3) is 1.68. The Morgan fingerprint density at radius 2 is 2.23 bits per heavy atom. The minimum Gasteiger partial charge on any atom is -0.381 e. The van der Waals surface area contributed by atoms with Crippen molar-refractivity contribution in [3.8, 4) is 0 Å². The molecule has 2 nitrogen and oxygen atoms in total. The molecule has 70 valence electrons. The highest BCUT2D eigenvalue weighted by Gasteiger charge is 2.19. The Morgan fingerprint density at radius 3 is 3.00 bits per heavy atom. The summed E-state index contributed by atoms with van der Waals surface area (Å²) in [6.45, 7) is 2.06. The molecule has 0 saturated heterocycles. The van der Waals surface area contributed by atoms with E-state index in [0.717, 1.165) is 12.8 Å². The van der Waals surface area contributed by atoms with Gasteiger partial charge in [0, 0.05) is 17.8 Å². The maximum atomic E-state index is 5.86. The number of nitrogens with one attached hydrogen (secondary N) is 1. The minimum absolute atomic E-state index is 0.230. The smallest absolute Gasteiger partial charge is 0.0413 e. The summed E-state index contributed by atoms with van der Waals surface area (Å²) in [6, 6.07) is 9.13. The van der Waals surface area contributed by atoms with Gasteiger partial charge in [0.05, 0.1) is 0 Å². The molecular formula is C11H16N2. The predicted molar refractivity (Wildman–Crippen MR) is 55.8 cm³/mol. The van der Waals surface area contributed by atoms with Crippen LogP contribution in [0.2, 0.25) is 0 Å². The van der Waals surface area contributed by atoms with E-state index in [4.69, 9.17) is 5.73 Å². The highest BCUT2D eigenvalue weighted by Crippen LogP contribution is 2.24. The van der Waals surface area contributed by atoms with Gasteiger partial charge in [0.1, 0.15) is 0 Å². The number of hydrogen-bond acceptors (Lipinski definition) is 2. The molecule has 1 aliphatic rings. The van der Waals surface area contributed by atoms with Crippen molar-refractivity contribution in [1.29, 1.82) is 0 Å². The molecule has 1 aromatic rings.